The van der Waals surface area contributed by atoms with Gasteiger partial charge in [-0.3, -0.25) is 14.9 Å². The normalized spacial score (nSPS) is 17.2. The third-order valence-electron chi connectivity index (χ3n) is 4.61. The van der Waals surface area contributed by atoms with E-state index >= 15 is 0 Å². The van der Waals surface area contributed by atoms with Crippen LogP contribution >= 0.6 is 0 Å². The lowest BCUT2D eigenvalue weighted by molar-refractivity contribution is 0.0722. The van der Waals surface area contributed by atoms with Gasteiger partial charge in [-0.25, -0.2) is 4.98 Å². The van der Waals surface area contributed by atoms with Crippen molar-refractivity contribution in [3.8, 4) is 11.3 Å². The van der Waals surface area contributed by atoms with E-state index in [2.05, 4.69) is 20.2 Å². The minimum atomic E-state index is -0.0363. The van der Waals surface area contributed by atoms with Crippen molar-refractivity contribution in [2.75, 3.05) is 6.54 Å². The highest BCUT2D eigenvalue weighted by molar-refractivity contribution is 5.93. The molecular formula is C18H20N6O. The minimum Gasteiger partial charge on any atom is -0.336 e. The molecule has 0 aliphatic carbocycles. The van der Waals surface area contributed by atoms with Gasteiger partial charge in [-0.05, 0) is 38.0 Å². The van der Waals surface area contributed by atoms with Crippen LogP contribution in [0.5, 0.6) is 0 Å². The van der Waals surface area contributed by atoms with Gasteiger partial charge in [0.1, 0.15) is 11.5 Å². The number of amides is 1. The zero-order valence-corrected chi connectivity index (χ0v) is 14.3. The van der Waals surface area contributed by atoms with E-state index in [-0.39, 0.29) is 11.9 Å². The van der Waals surface area contributed by atoms with Crippen molar-refractivity contribution in [2.24, 2.45) is 7.05 Å². The summed E-state index contributed by atoms with van der Waals surface area (Å²) in [6.07, 6.45) is 7.35. The number of H-pyrrole nitrogens is 1. The summed E-state index contributed by atoms with van der Waals surface area (Å²) in [6, 6.07) is 5.58. The standard InChI is InChI=1S/C18H20N6O/c1-12-11-23(2)17(20-12)16-6-4-8-24(16)18(25)15-9-14(21-22-15)13-5-3-7-19-10-13/h3,5,7,9-11,16H,4,6,8H2,1-2H3,(H,21,22). The van der Waals surface area contributed by atoms with Gasteiger partial charge in [0, 0.05) is 37.7 Å². The highest BCUT2D eigenvalue weighted by Crippen LogP contribution is 2.32. The van der Waals surface area contributed by atoms with E-state index in [4.69, 9.17) is 0 Å². The highest BCUT2D eigenvalue weighted by Gasteiger charge is 2.34. The molecule has 1 unspecified atom stereocenters. The molecular weight excluding hydrogens is 316 g/mol. The smallest absolute Gasteiger partial charge is 0.272 e. The van der Waals surface area contributed by atoms with Crippen LogP contribution in [0.15, 0.2) is 36.8 Å². The summed E-state index contributed by atoms with van der Waals surface area (Å²) in [5.74, 6) is 0.904. The molecule has 7 nitrogen and oxygen atoms in total. The molecule has 25 heavy (non-hydrogen) atoms. The van der Waals surface area contributed by atoms with Gasteiger partial charge in [-0.2, -0.15) is 5.10 Å². The van der Waals surface area contributed by atoms with Crippen molar-refractivity contribution in [3.05, 3.63) is 54.0 Å². The second kappa shape index (κ2) is 6.16. The van der Waals surface area contributed by atoms with Crippen LogP contribution in [0.4, 0.5) is 0 Å². The predicted molar refractivity (Wildman–Crippen MR) is 92.8 cm³/mol. The van der Waals surface area contributed by atoms with E-state index in [1.807, 2.05) is 41.8 Å². The number of hydrogen-bond donors (Lipinski definition) is 1. The predicted octanol–water partition coefficient (Wildman–Crippen LogP) is 2.49. The van der Waals surface area contributed by atoms with Gasteiger partial charge in [-0.1, -0.05) is 0 Å². The molecule has 4 heterocycles. The highest BCUT2D eigenvalue weighted by atomic mass is 16.2. The summed E-state index contributed by atoms with van der Waals surface area (Å²) in [7, 11) is 1.98. The average Bonchev–Trinajstić information content (AvgIpc) is 3.34. The van der Waals surface area contributed by atoms with Gasteiger partial charge in [0.25, 0.3) is 5.91 Å². The number of likely N-dealkylation sites (tertiary alicyclic amines) is 1. The van der Waals surface area contributed by atoms with E-state index in [0.717, 1.165) is 42.2 Å². The van der Waals surface area contributed by atoms with Gasteiger partial charge in [0.05, 0.1) is 17.4 Å². The number of aromatic amines is 1. The average molecular weight is 336 g/mol. The zero-order chi connectivity index (χ0) is 17.4. The number of pyridine rings is 1. The number of nitrogens with zero attached hydrogens (tertiary/aromatic N) is 5. The number of nitrogens with one attached hydrogen (secondary N) is 1. The molecule has 0 aromatic carbocycles. The van der Waals surface area contributed by atoms with Crippen LogP contribution in [-0.4, -0.2) is 42.1 Å². The molecule has 3 aromatic heterocycles. The molecule has 3 aromatic rings. The first kappa shape index (κ1) is 15.6. The fourth-order valence-corrected chi connectivity index (χ4v) is 3.47. The Morgan fingerprint density at radius 2 is 2.28 bits per heavy atom. The lowest BCUT2D eigenvalue weighted by atomic mass is 10.2. The van der Waals surface area contributed by atoms with Gasteiger partial charge in [0.15, 0.2) is 0 Å². The van der Waals surface area contributed by atoms with Gasteiger partial charge in [0.2, 0.25) is 0 Å². The minimum absolute atomic E-state index is 0.0105. The number of carbonyl (C=O) groups is 1. The Labute approximate surface area is 145 Å². The maximum absolute atomic E-state index is 13.0. The largest absolute Gasteiger partial charge is 0.336 e. The molecule has 0 spiro atoms. The van der Waals surface area contributed by atoms with E-state index in [1.54, 1.807) is 18.5 Å². The van der Waals surface area contributed by atoms with Gasteiger partial charge >= 0.3 is 0 Å². The number of aromatic nitrogens is 5. The Bertz CT molecular complexity index is 897. The van der Waals surface area contributed by atoms with Crippen molar-refractivity contribution >= 4 is 5.91 Å². The lowest BCUT2D eigenvalue weighted by Gasteiger charge is -2.23. The van der Waals surface area contributed by atoms with E-state index in [0.29, 0.717) is 5.69 Å². The molecule has 1 amide bonds. The molecule has 1 saturated heterocycles. The summed E-state index contributed by atoms with van der Waals surface area (Å²) in [4.78, 5) is 23.6. The fourth-order valence-electron chi connectivity index (χ4n) is 3.47. The number of carbonyl (C=O) groups excluding carboxylic acids is 1. The third-order valence-corrected chi connectivity index (χ3v) is 4.61. The first-order valence-electron chi connectivity index (χ1n) is 8.40. The second-order valence-electron chi connectivity index (χ2n) is 6.42. The summed E-state index contributed by atoms with van der Waals surface area (Å²) < 4.78 is 2.01. The van der Waals surface area contributed by atoms with E-state index in [9.17, 15) is 4.79 Å². The Morgan fingerprint density at radius 3 is 3.00 bits per heavy atom. The van der Waals surface area contributed by atoms with Crippen molar-refractivity contribution in [1.82, 2.24) is 29.6 Å². The SMILES string of the molecule is Cc1cn(C)c(C2CCCN2C(=O)c2cc(-c3cccnc3)n[nH]2)n1. The Kier molecular flexibility index (Phi) is 3.83. The molecule has 1 N–H and O–H groups in total. The third kappa shape index (κ3) is 2.82. The molecule has 0 bridgehead atoms. The Morgan fingerprint density at radius 1 is 1.40 bits per heavy atom. The zero-order valence-electron chi connectivity index (χ0n) is 14.3. The number of rotatable bonds is 3. The Balaban J connectivity index is 1.60. The van der Waals surface area contributed by atoms with Crippen LogP contribution in [0, 0.1) is 6.92 Å². The molecule has 1 aliphatic heterocycles. The molecule has 7 heteroatoms. The summed E-state index contributed by atoms with van der Waals surface area (Å²) in [5.41, 5.74) is 3.07. The van der Waals surface area contributed by atoms with Crippen LogP contribution < -0.4 is 0 Å². The molecule has 128 valence electrons. The van der Waals surface area contributed by atoms with Crippen LogP contribution in [0.2, 0.25) is 0 Å². The molecule has 1 aliphatic rings. The summed E-state index contributed by atoms with van der Waals surface area (Å²) in [5, 5.41) is 7.14. The van der Waals surface area contributed by atoms with Crippen LogP contribution in [-0.2, 0) is 7.05 Å². The molecule has 0 radical (unpaired) electrons. The molecule has 0 saturated carbocycles. The second-order valence-corrected chi connectivity index (χ2v) is 6.42. The first-order valence-corrected chi connectivity index (χ1v) is 8.40. The van der Waals surface area contributed by atoms with E-state index in [1.165, 1.54) is 0 Å². The van der Waals surface area contributed by atoms with Crippen LogP contribution in [0.1, 0.15) is 40.9 Å². The lowest BCUT2D eigenvalue weighted by Crippen LogP contribution is -2.32. The van der Waals surface area contributed by atoms with Gasteiger partial charge < -0.3 is 9.47 Å². The molecule has 1 fully saturated rings. The quantitative estimate of drug-likeness (QED) is 0.797. The maximum atomic E-state index is 13.0. The van der Waals surface area contributed by atoms with Crippen molar-refractivity contribution in [2.45, 2.75) is 25.8 Å². The van der Waals surface area contributed by atoms with Gasteiger partial charge in [-0.15, -0.1) is 0 Å². The van der Waals surface area contributed by atoms with Crippen LogP contribution in [0.3, 0.4) is 0 Å². The number of hydrogen-bond acceptors (Lipinski definition) is 4. The first-order chi connectivity index (χ1) is 12.1. The maximum Gasteiger partial charge on any atom is 0.272 e. The fraction of sp³-hybridized carbons (Fsp3) is 0.333. The number of imidazole rings is 1. The van der Waals surface area contributed by atoms with Crippen molar-refractivity contribution < 1.29 is 4.79 Å². The Hall–Kier alpha value is -2.96. The van der Waals surface area contributed by atoms with Crippen molar-refractivity contribution in [1.29, 1.82) is 0 Å². The monoisotopic (exact) mass is 336 g/mol. The molecule has 1 atom stereocenters. The summed E-state index contributed by atoms with van der Waals surface area (Å²) in [6.45, 7) is 2.70. The topological polar surface area (TPSA) is 79.7 Å². The summed E-state index contributed by atoms with van der Waals surface area (Å²) >= 11 is 0. The van der Waals surface area contributed by atoms with E-state index < -0.39 is 0 Å². The van der Waals surface area contributed by atoms with Crippen molar-refractivity contribution in [3.63, 3.8) is 0 Å². The van der Waals surface area contributed by atoms with Crippen LogP contribution in [0.25, 0.3) is 11.3 Å². The molecule has 4 rings (SSSR count). The number of aryl methyl sites for hydroxylation is 2.